The lowest BCUT2D eigenvalue weighted by molar-refractivity contribution is 0.138. The number of aliphatic hydroxyl groups excluding tert-OH is 1. The maximum Gasteiger partial charge on any atom is 0.254 e. The number of nitrogens with zero attached hydrogens (tertiary/aromatic N) is 2. The van der Waals surface area contributed by atoms with Crippen LogP contribution in [0.3, 0.4) is 0 Å². The van der Waals surface area contributed by atoms with Gasteiger partial charge < -0.3 is 15.4 Å². The molecule has 0 aliphatic heterocycles. The standard InChI is InChI=1S/C17H22N4O2/c1-10-11(2)20-16(21-17(10)23)13-6-7-15(19-9-13)18-8-12-4-3-5-14(12)22/h6-7,9,12,14,22H,3-5,8H2,1-2H3,(H,18,19)(H,20,21,23). The second-order valence-corrected chi connectivity index (χ2v) is 6.20. The molecule has 2 atom stereocenters. The van der Waals surface area contributed by atoms with Crippen molar-refractivity contribution in [1.82, 2.24) is 15.0 Å². The van der Waals surface area contributed by atoms with Gasteiger partial charge in [0.15, 0.2) is 0 Å². The molecule has 0 bridgehead atoms. The fraction of sp³-hybridized carbons (Fsp3) is 0.471. The van der Waals surface area contributed by atoms with Crippen LogP contribution in [0.4, 0.5) is 5.82 Å². The maximum absolute atomic E-state index is 11.8. The smallest absolute Gasteiger partial charge is 0.254 e. The molecule has 6 heteroatoms. The van der Waals surface area contributed by atoms with Crippen LogP contribution < -0.4 is 10.9 Å². The van der Waals surface area contributed by atoms with E-state index in [9.17, 15) is 9.90 Å². The molecule has 0 aromatic carbocycles. The molecule has 0 saturated heterocycles. The zero-order chi connectivity index (χ0) is 16.4. The number of aryl methyl sites for hydroxylation is 1. The van der Waals surface area contributed by atoms with Gasteiger partial charge in [-0.05, 0) is 38.8 Å². The van der Waals surface area contributed by atoms with Crippen molar-refractivity contribution in [3.8, 4) is 11.4 Å². The topological polar surface area (TPSA) is 90.9 Å². The molecule has 0 radical (unpaired) electrons. The Hall–Kier alpha value is -2.21. The number of hydrogen-bond acceptors (Lipinski definition) is 5. The Labute approximate surface area is 135 Å². The lowest BCUT2D eigenvalue weighted by Gasteiger charge is -2.15. The molecule has 1 aliphatic carbocycles. The van der Waals surface area contributed by atoms with Gasteiger partial charge in [0.05, 0.1) is 6.10 Å². The first kappa shape index (κ1) is 15.7. The molecule has 6 nitrogen and oxygen atoms in total. The third-order valence-electron chi connectivity index (χ3n) is 4.60. The molecule has 0 amide bonds. The fourth-order valence-electron chi connectivity index (χ4n) is 2.91. The van der Waals surface area contributed by atoms with E-state index in [0.29, 0.717) is 17.3 Å². The Morgan fingerprint density at radius 2 is 2.17 bits per heavy atom. The Morgan fingerprint density at radius 3 is 2.78 bits per heavy atom. The Kier molecular flexibility index (Phi) is 4.43. The second kappa shape index (κ2) is 6.50. The van der Waals surface area contributed by atoms with Crippen LogP contribution in [-0.4, -0.2) is 32.7 Å². The van der Waals surface area contributed by atoms with Crippen LogP contribution >= 0.6 is 0 Å². The molecule has 2 unspecified atom stereocenters. The summed E-state index contributed by atoms with van der Waals surface area (Å²) in [5.41, 5.74) is 2.01. The summed E-state index contributed by atoms with van der Waals surface area (Å²) < 4.78 is 0. The highest BCUT2D eigenvalue weighted by molar-refractivity contribution is 5.56. The zero-order valence-electron chi connectivity index (χ0n) is 13.5. The van der Waals surface area contributed by atoms with E-state index >= 15 is 0 Å². The molecule has 1 saturated carbocycles. The van der Waals surface area contributed by atoms with Gasteiger partial charge in [-0.25, -0.2) is 9.97 Å². The third kappa shape index (κ3) is 3.42. The van der Waals surface area contributed by atoms with Crippen LogP contribution in [0.25, 0.3) is 11.4 Å². The lowest BCUT2D eigenvalue weighted by Crippen LogP contribution is -2.22. The first-order valence-corrected chi connectivity index (χ1v) is 8.00. The number of aromatic nitrogens is 3. The first-order chi connectivity index (χ1) is 11.0. The summed E-state index contributed by atoms with van der Waals surface area (Å²) in [6, 6.07) is 3.75. The summed E-state index contributed by atoms with van der Waals surface area (Å²) in [7, 11) is 0. The largest absolute Gasteiger partial charge is 0.393 e. The summed E-state index contributed by atoms with van der Waals surface area (Å²) in [4.78, 5) is 23.4. The molecule has 1 fully saturated rings. The van der Waals surface area contributed by atoms with Crippen LogP contribution in [-0.2, 0) is 0 Å². The van der Waals surface area contributed by atoms with E-state index in [-0.39, 0.29) is 11.7 Å². The summed E-state index contributed by atoms with van der Waals surface area (Å²) in [5, 5.41) is 13.1. The minimum absolute atomic E-state index is 0.120. The van der Waals surface area contributed by atoms with E-state index in [4.69, 9.17) is 0 Å². The van der Waals surface area contributed by atoms with Crippen LogP contribution in [0.5, 0.6) is 0 Å². The van der Waals surface area contributed by atoms with Crippen molar-refractivity contribution in [2.24, 2.45) is 5.92 Å². The number of pyridine rings is 1. The highest BCUT2D eigenvalue weighted by Crippen LogP contribution is 2.25. The van der Waals surface area contributed by atoms with Crippen molar-refractivity contribution in [2.45, 2.75) is 39.2 Å². The van der Waals surface area contributed by atoms with E-state index in [1.165, 1.54) is 0 Å². The van der Waals surface area contributed by atoms with Crippen molar-refractivity contribution < 1.29 is 5.11 Å². The highest BCUT2D eigenvalue weighted by Gasteiger charge is 2.24. The molecule has 1 aliphatic rings. The Bertz CT molecular complexity index is 739. The molecule has 122 valence electrons. The number of H-pyrrole nitrogens is 1. The third-order valence-corrected chi connectivity index (χ3v) is 4.60. The maximum atomic E-state index is 11.8. The molecule has 23 heavy (non-hydrogen) atoms. The van der Waals surface area contributed by atoms with Crippen molar-refractivity contribution in [3.63, 3.8) is 0 Å². The minimum atomic E-state index is -0.202. The summed E-state index contributed by atoms with van der Waals surface area (Å²) in [6.07, 6.45) is 4.53. The molecule has 0 spiro atoms. The predicted octanol–water partition coefficient (Wildman–Crippen LogP) is 2.02. The van der Waals surface area contributed by atoms with Crippen LogP contribution in [0, 0.1) is 19.8 Å². The number of aromatic amines is 1. The monoisotopic (exact) mass is 314 g/mol. The second-order valence-electron chi connectivity index (χ2n) is 6.20. The van der Waals surface area contributed by atoms with Crippen LogP contribution in [0.15, 0.2) is 23.1 Å². The van der Waals surface area contributed by atoms with Gasteiger partial charge in [0, 0.05) is 35.5 Å². The van der Waals surface area contributed by atoms with E-state index < -0.39 is 0 Å². The molecular weight excluding hydrogens is 292 g/mol. The predicted molar refractivity (Wildman–Crippen MR) is 89.4 cm³/mol. The van der Waals surface area contributed by atoms with Crippen molar-refractivity contribution >= 4 is 5.82 Å². The summed E-state index contributed by atoms with van der Waals surface area (Å²) in [5.74, 6) is 1.59. The molecule has 3 N–H and O–H groups in total. The molecule has 2 aromatic heterocycles. The van der Waals surface area contributed by atoms with E-state index in [1.807, 2.05) is 19.1 Å². The van der Waals surface area contributed by atoms with Crippen molar-refractivity contribution in [2.75, 3.05) is 11.9 Å². The van der Waals surface area contributed by atoms with Gasteiger partial charge in [-0.3, -0.25) is 4.79 Å². The number of aliphatic hydroxyl groups is 1. The quantitative estimate of drug-likeness (QED) is 0.803. The zero-order valence-corrected chi connectivity index (χ0v) is 13.5. The number of anilines is 1. The van der Waals surface area contributed by atoms with E-state index in [1.54, 1.807) is 13.1 Å². The Morgan fingerprint density at radius 1 is 1.35 bits per heavy atom. The number of rotatable bonds is 4. The Balaban J connectivity index is 1.71. The van der Waals surface area contributed by atoms with Gasteiger partial charge in [-0.15, -0.1) is 0 Å². The van der Waals surface area contributed by atoms with Gasteiger partial charge in [-0.2, -0.15) is 0 Å². The van der Waals surface area contributed by atoms with E-state index in [0.717, 1.165) is 42.9 Å². The molecule has 2 heterocycles. The van der Waals surface area contributed by atoms with Gasteiger partial charge in [0.1, 0.15) is 11.6 Å². The average Bonchev–Trinajstić information content (AvgIpc) is 2.96. The van der Waals surface area contributed by atoms with Crippen molar-refractivity contribution in [3.05, 3.63) is 39.9 Å². The van der Waals surface area contributed by atoms with Crippen LogP contribution in [0.2, 0.25) is 0 Å². The van der Waals surface area contributed by atoms with Gasteiger partial charge in [-0.1, -0.05) is 6.42 Å². The van der Waals surface area contributed by atoms with Gasteiger partial charge in [0.2, 0.25) is 0 Å². The van der Waals surface area contributed by atoms with E-state index in [2.05, 4.69) is 20.3 Å². The normalized spacial score (nSPS) is 20.7. The van der Waals surface area contributed by atoms with Gasteiger partial charge in [0.25, 0.3) is 5.56 Å². The summed E-state index contributed by atoms with van der Waals surface area (Å²) in [6.45, 7) is 4.31. The number of hydrogen-bond donors (Lipinski definition) is 3. The van der Waals surface area contributed by atoms with Gasteiger partial charge >= 0.3 is 0 Å². The van der Waals surface area contributed by atoms with Crippen molar-refractivity contribution in [1.29, 1.82) is 0 Å². The highest BCUT2D eigenvalue weighted by atomic mass is 16.3. The SMILES string of the molecule is Cc1nc(-c2ccc(NCC3CCCC3O)nc2)[nH]c(=O)c1C. The lowest BCUT2D eigenvalue weighted by atomic mass is 10.1. The number of nitrogens with one attached hydrogen (secondary N) is 2. The minimum Gasteiger partial charge on any atom is -0.393 e. The fourth-order valence-corrected chi connectivity index (χ4v) is 2.91. The summed E-state index contributed by atoms with van der Waals surface area (Å²) >= 11 is 0. The first-order valence-electron chi connectivity index (χ1n) is 8.00. The van der Waals surface area contributed by atoms with Crippen LogP contribution in [0.1, 0.15) is 30.5 Å². The molecule has 2 aromatic rings. The average molecular weight is 314 g/mol. The molecule has 3 rings (SSSR count). The molecular formula is C17H22N4O2.